The number of piperidine rings is 1. The fourth-order valence-electron chi connectivity index (χ4n) is 2.56. The lowest BCUT2D eigenvalue weighted by atomic mass is 9.87. The van der Waals surface area contributed by atoms with Gasteiger partial charge in [-0.25, -0.2) is 0 Å². The maximum absolute atomic E-state index is 5.51. The quantitative estimate of drug-likeness (QED) is 0.865. The summed E-state index contributed by atoms with van der Waals surface area (Å²) in [6.07, 6.45) is 2.44. The molecule has 2 heteroatoms. The van der Waals surface area contributed by atoms with E-state index in [9.17, 15) is 0 Å². The van der Waals surface area contributed by atoms with Crippen LogP contribution in [0.5, 0.6) is 5.75 Å². The van der Waals surface area contributed by atoms with E-state index >= 15 is 0 Å². The summed E-state index contributed by atoms with van der Waals surface area (Å²) >= 11 is 0. The van der Waals surface area contributed by atoms with E-state index in [-0.39, 0.29) is 0 Å². The number of rotatable bonds is 3. The van der Waals surface area contributed by atoms with Crippen LogP contribution in [0.3, 0.4) is 0 Å². The number of nitrogens with one attached hydrogen (secondary N) is 1. The van der Waals surface area contributed by atoms with Crippen molar-refractivity contribution in [1.29, 1.82) is 0 Å². The van der Waals surface area contributed by atoms with Crippen LogP contribution in [-0.4, -0.2) is 20.2 Å². The van der Waals surface area contributed by atoms with E-state index in [1.54, 1.807) is 7.11 Å². The van der Waals surface area contributed by atoms with Crippen LogP contribution in [-0.2, 0) is 0 Å². The Labute approximate surface area is 104 Å². The van der Waals surface area contributed by atoms with E-state index in [0.717, 1.165) is 18.8 Å². The fraction of sp³-hybridized carbons (Fsp3) is 0.600. The third-order valence-electron chi connectivity index (χ3n) is 3.70. The highest BCUT2D eigenvalue weighted by atomic mass is 16.5. The Kier molecular flexibility index (Phi) is 4.06. The Morgan fingerprint density at radius 1 is 1.24 bits per heavy atom. The second-order valence-corrected chi connectivity index (χ2v) is 5.18. The highest BCUT2D eigenvalue weighted by Crippen LogP contribution is 2.34. The van der Waals surface area contributed by atoms with Gasteiger partial charge in [0, 0.05) is 0 Å². The minimum Gasteiger partial charge on any atom is -0.496 e. The standard InChI is InChI=1S/C15H23NO/c1-11(2)13-4-5-15(17-3)14(10-13)12-6-8-16-9-7-12/h4-5,10-12,16H,6-9H2,1-3H3. The van der Waals surface area contributed by atoms with Crippen molar-refractivity contribution >= 4 is 0 Å². The summed E-state index contributed by atoms with van der Waals surface area (Å²) in [7, 11) is 1.77. The van der Waals surface area contributed by atoms with Crippen LogP contribution in [0, 0.1) is 0 Å². The summed E-state index contributed by atoms with van der Waals surface area (Å²) < 4.78 is 5.51. The van der Waals surface area contributed by atoms with E-state index in [4.69, 9.17) is 4.74 Å². The molecule has 17 heavy (non-hydrogen) atoms. The molecule has 1 aliphatic heterocycles. The SMILES string of the molecule is COc1ccc(C(C)C)cc1C1CCNCC1. The smallest absolute Gasteiger partial charge is 0.122 e. The van der Waals surface area contributed by atoms with Crippen molar-refractivity contribution in [2.24, 2.45) is 0 Å². The van der Waals surface area contributed by atoms with Gasteiger partial charge in [0.2, 0.25) is 0 Å². The van der Waals surface area contributed by atoms with E-state index in [1.165, 1.54) is 24.0 Å². The molecule has 94 valence electrons. The summed E-state index contributed by atoms with van der Waals surface area (Å²) in [5.74, 6) is 2.30. The lowest BCUT2D eigenvalue weighted by Gasteiger charge is -2.25. The average Bonchev–Trinajstić information content (AvgIpc) is 2.39. The minimum absolute atomic E-state index is 0.585. The Hall–Kier alpha value is -1.02. The zero-order chi connectivity index (χ0) is 12.3. The minimum atomic E-state index is 0.585. The van der Waals surface area contributed by atoms with Gasteiger partial charge >= 0.3 is 0 Å². The summed E-state index contributed by atoms with van der Waals surface area (Å²) in [5, 5.41) is 3.42. The van der Waals surface area contributed by atoms with Crippen molar-refractivity contribution in [3.8, 4) is 5.75 Å². The van der Waals surface area contributed by atoms with Crippen LogP contribution >= 0.6 is 0 Å². The second kappa shape index (κ2) is 5.54. The first-order valence-electron chi connectivity index (χ1n) is 6.61. The molecule has 0 bridgehead atoms. The van der Waals surface area contributed by atoms with Gasteiger partial charge in [0.25, 0.3) is 0 Å². The number of hydrogen-bond acceptors (Lipinski definition) is 2. The van der Waals surface area contributed by atoms with E-state index < -0.39 is 0 Å². The first kappa shape index (κ1) is 12.4. The molecule has 1 aromatic rings. The van der Waals surface area contributed by atoms with Gasteiger partial charge in [-0.3, -0.25) is 0 Å². The topological polar surface area (TPSA) is 21.3 Å². The predicted octanol–water partition coefficient (Wildman–Crippen LogP) is 3.29. The van der Waals surface area contributed by atoms with E-state index in [2.05, 4.69) is 37.4 Å². The van der Waals surface area contributed by atoms with Gasteiger partial charge in [0.1, 0.15) is 5.75 Å². The lowest BCUT2D eigenvalue weighted by Crippen LogP contribution is -2.26. The Morgan fingerprint density at radius 3 is 2.53 bits per heavy atom. The zero-order valence-electron chi connectivity index (χ0n) is 11.1. The molecule has 0 amide bonds. The average molecular weight is 233 g/mol. The van der Waals surface area contributed by atoms with Crippen molar-refractivity contribution < 1.29 is 4.74 Å². The zero-order valence-corrected chi connectivity index (χ0v) is 11.1. The molecule has 0 spiro atoms. The van der Waals surface area contributed by atoms with Crippen molar-refractivity contribution in [1.82, 2.24) is 5.32 Å². The van der Waals surface area contributed by atoms with Crippen molar-refractivity contribution in [3.63, 3.8) is 0 Å². The Balaban J connectivity index is 2.30. The lowest BCUT2D eigenvalue weighted by molar-refractivity contribution is 0.391. The fourth-order valence-corrected chi connectivity index (χ4v) is 2.56. The number of ether oxygens (including phenoxy) is 1. The molecular formula is C15H23NO. The highest BCUT2D eigenvalue weighted by molar-refractivity contribution is 5.41. The van der Waals surface area contributed by atoms with Gasteiger partial charge in [0.15, 0.2) is 0 Å². The van der Waals surface area contributed by atoms with Crippen LogP contribution in [0.2, 0.25) is 0 Å². The van der Waals surface area contributed by atoms with Crippen LogP contribution in [0.25, 0.3) is 0 Å². The van der Waals surface area contributed by atoms with Crippen LogP contribution in [0.15, 0.2) is 18.2 Å². The normalized spacial score (nSPS) is 17.4. The molecule has 1 aliphatic rings. The summed E-state index contributed by atoms with van der Waals surface area (Å²) in [5.41, 5.74) is 2.82. The van der Waals surface area contributed by atoms with Gasteiger partial charge in [0.05, 0.1) is 7.11 Å². The molecular weight excluding hydrogens is 210 g/mol. The highest BCUT2D eigenvalue weighted by Gasteiger charge is 2.19. The predicted molar refractivity (Wildman–Crippen MR) is 71.9 cm³/mol. The van der Waals surface area contributed by atoms with Gasteiger partial charge in [-0.2, -0.15) is 0 Å². The first-order valence-corrected chi connectivity index (χ1v) is 6.61. The molecule has 0 saturated carbocycles. The molecule has 0 radical (unpaired) electrons. The molecule has 1 heterocycles. The summed E-state index contributed by atoms with van der Waals surface area (Å²) in [6, 6.07) is 6.67. The third kappa shape index (κ3) is 2.81. The molecule has 0 unspecified atom stereocenters. The first-order chi connectivity index (χ1) is 8.22. The molecule has 0 aromatic heterocycles. The number of benzene rings is 1. The monoisotopic (exact) mass is 233 g/mol. The summed E-state index contributed by atoms with van der Waals surface area (Å²) in [4.78, 5) is 0. The molecule has 1 fully saturated rings. The van der Waals surface area contributed by atoms with Crippen molar-refractivity contribution in [2.75, 3.05) is 20.2 Å². The molecule has 1 saturated heterocycles. The second-order valence-electron chi connectivity index (χ2n) is 5.18. The molecule has 0 aliphatic carbocycles. The maximum Gasteiger partial charge on any atom is 0.122 e. The number of methoxy groups -OCH3 is 1. The third-order valence-corrected chi connectivity index (χ3v) is 3.70. The molecule has 1 aromatic carbocycles. The van der Waals surface area contributed by atoms with Crippen molar-refractivity contribution in [3.05, 3.63) is 29.3 Å². The van der Waals surface area contributed by atoms with Crippen LogP contribution in [0.1, 0.15) is 49.7 Å². The molecule has 2 nitrogen and oxygen atoms in total. The van der Waals surface area contributed by atoms with Gasteiger partial charge in [-0.15, -0.1) is 0 Å². The molecule has 1 N–H and O–H groups in total. The molecule has 0 atom stereocenters. The largest absolute Gasteiger partial charge is 0.496 e. The van der Waals surface area contributed by atoms with Gasteiger partial charge < -0.3 is 10.1 Å². The van der Waals surface area contributed by atoms with Gasteiger partial charge in [-0.05, 0) is 55.0 Å². The Bertz CT molecular complexity index is 367. The number of hydrogen-bond donors (Lipinski definition) is 1. The van der Waals surface area contributed by atoms with Crippen LogP contribution < -0.4 is 10.1 Å². The van der Waals surface area contributed by atoms with Crippen molar-refractivity contribution in [2.45, 2.75) is 38.5 Å². The maximum atomic E-state index is 5.51. The summed E-state index contributed by atoms with van der Waals surface area (Å²) in [6.45, 7) is 6.74. The van der Waals surface area contributed by atoms with E-state index in [1.807, 2.05) is 0 Å². The molecule has 2 rings (SSSR count). The van der Waals surface area contributed by atoms with Gasteiger partial charge in [-0.1, -0.05) is 26.0 Å². The van der Waals surface area contributed by atoms with E-state index in [0.29, 0.717) is 11.8 Å². The Morgan fingerprint density at radius 2 is 1.94 bits per heavy atom. The van der Waals surface area contributed by atoms with Crippen LogP contribution in [0.4, 0.5) is 0 Å².